The summed E-state index contributed by atoms with van der Waals surface area (Å²) in [6, 6.07) is 13.5. The maximum atomic E-state index is 12.9. The van der Waals surface area contributed by atoms with Gasteiger partial charge in [0.2, 0.25) is 5.91 Å². The third-order valence-corrected chi connectivity index (χ3v) is 4.37. The lowest BCUT2D eigenvalue weighted by Gasteiger charge is -2.22. The number of hydrogen-bond acceptors (Lipinski definition) is 4. The van der Waals surface area contributed by atoms with Crippen molar-refractivity contribution < 1.29 is 9.32 Å². The normalized spacial score (nSPS) is 13.2. The fraction of sp³-hybridized carbons (Fsp3) is 0.250. The molecule has 3 rings (SSSR count). The van der Waals surface area contributed by atoms with E-state index < -0.39 is 0 Å². The molecule has 0 aliphatic heterocycles. The van der Waals surface area contributed by atoms with Crippen molar-refractivity contribution in [3.8, 4) is 0 Å². The Morgan fingerprint density at radius 3 is 2.28 bits per heavy atom. The van der Waals surface area contributed by atoms with E-state index in [0.717, 1.165) is 22.4 Å². The molecule has 0 aliphatic carbocycles. The number of rotatable bonds is 5. The first-order valence-corrected chi connectivity index (χ1v) is 8.26. The fourth-order valence-electron chi connectivity index (χ4n) is 3.07. The van der Waals surface area contributed by atoms with E-state index in [9.17, 15) is 4.79 Å². The number of aryl methyl sites for hydroxylation is 2. The van der Waals surface area contributed by atoms with Crippen molar-refractivity contribution in [2.45, 2.75) is 32.7 Å². The Labute approximate surface area is 147 Å². The van der Waals surface area contributed by atoms with Gasteiger partial charge in [-0.3, -0.25) is 9.78 Å². The summed E-state index contributed by atoms with van der Waals surface area (Å²) in [6.45, 7) is 5.56. The van der Waals surface area contributed by atoms with Crippen molar-refractivity contribution in [2.75, 3.05) is 0 Å². The van der Waals surface area contributed by atoms with E-state index in [1.807, 2.05) is 63.2 Å². The summed E-state index contributed by atoms with van der Waals surface area (Å²) in [5, 5.41) is 7.11. The van der Waals surface area contributed by atoms with Crippen LogP contribution in [0.4, 0.5) is 0 Å². The molecule has 0 spiro atoms. The first-order valence-electron chi connectivity index (χ1n) is 8.26. The monoisotopic (exact) mass is 335 g/mol. The average Bonchev–Trinajstić information content (AvgIpc) is 2.98. The topological polar surface area (TPSA) is 68.0 Å². The van der Waals surface area contributed by atoms with Crippen LogP contribution in [0.15, 0.2) is 59.4 Å². The number of hydrogen-bond donors (Lipinski definition) is 1. The third-order valence-electron chi connectivity index (χ3n) is 4.37. The minimum absolute atomic E-state index is 0.0694. The number of carbonyl (C=O) groups excluding carboxylic acids is 1. The zero-order valence-electron chi connectivity index (χ0n) is 14.6. The Hall–Kier alpha value is -2.95. The molecule has 128 valence electrons. The largest absolute Gasteiger partial charge is 0.361 e. The highest BCUT2D eigenvalue weighted by molar-refractivity contribution is 5.84. The molecule has 2 atom stereocenters. The quantitative estimate of drug-likeness (QED) is 0.772. The van der Waals surface area contributed by atoms with Crippen LogP contribution in [-0.4, -0.2) is 16.0 Å². The van der Waals surface area contributed by atoms with E-state index in [0.29, 0.717) is 5.76 Å². The summed E-state index contributed by atoms with van der Waals surface area (Å²) in [6.07, 6.45) is 3.46. The van der Waals surface area contributed by atoms with Crippen molar-refractivity contribution >= 4 is 5.91 Å². The number of nitrogens with zero attached hydrogens (tertiary/aromatic N) is 2. The molecule has 1 aromatic carbocycles. The Balaban J connectivity index is 1.89. The molecule has 0 saturated carbocycles. The Kier molecular flexibility index (Phi) is 4.93. The molecule has 5 nitrogen and oxygen atoms in total. The second-order valence-electron chi connectivity index (χ2n) is 6.09. The van der Waals surface area contributed by atoms with Gasteiger partial charge in [0.05, 0.1) is 17.7 Å². The summed E-state index contributed by atoms with van der Waals surface area (Å²) in [7, 11) is 0. The maximum Gasteiger partial charge on any atom is 0.228 e. The molecule has 5 heteroatoms. The lowest BCUT2D eigenvalue weighted by atomic mass is 9.95. The molecular formula is C20H21N3O2. The second-order valence-corrected chi connectivity index (χ2v) is 6.09. The Bertz CT molecular complexity index is 785. The van der Waals surface area contributed by atoms with Gasteiger partial charge in [0.25, 0.3) is 0 Å². The third kappa shape index (κ3) is 3.60. The van der Waals surface area contributed by atoms with Gasteiger partial charge in [-0.2, -0.15) is 0 Å². The van der Waals surface area contributed by atoms with Crippen LogP contribution in [0.3, 0.4) is 0 Å². The number of amides is 1. The molecule has 1 amide bonds. The van der Waals surface area contributed by atoms with Crippen LogP contribution in [0.1, 0.15) is 47.0 Å². The molecule has 2 aromatic heterocycles. The van der Waals surface area contributed by atoms with Gasteiger partial charge in [0.15, 0.2) is 0 Å². The molecule has 1 N–H and O–H groups in total. The number of pyridine rings is 1. The molecule has 3 aromatic rings. The maximum absolute atomic E-state index is 12.9. The summed E-state index contributed by atoms with van der Waals surface area (Å²) in [5.41, 5.74) is 3.60. The molecule has 25 heavy (non-hydrogen) atoms. The number of nitrogens with one attached hydrogen (secondary N) is 1. The van der Waals surface area contributed by atoms with Crippen LogP contribution >= 0.6 is 0 Å². The van der Waals surface area contributed by atoms with Crippen molar-refractivity contribution in [1.29, 1.82) is 0 Å². The highest BCUT2D eigenvalue weighted by Crippen LogP contribution is 2.26. The van der Waals surface area contributed by atoms with Crippen LogP contribution in [0.5, 0.6) is 0 Å². The van der Waals surface area contributed by atoms with Gasteiger partial charge >= 0.3 is 0 Å². The zero-order valence-corrected chi connectivity index (χ0v) is 14.6. The van der Waals surface area contributed by atoms with E-state index in [1.54, 1.807) is 12.4 Å². The number of carbonyl (C=O) groups is 1. The fourth-order valence-corrected chi connectivity index (χ4v) is 3.07. The minimum Gasteiger partial charge on any atom is -0.361 e. The van der Waals surface area contributed by atoms with Gasteiger partial charge in [-0.05, 0) is 44.0 Å². The van der Waals surface area contributed by atoms with E-state index >= 15 is 0 Å². The predicted octanol–water partition coefficient (Wildman–Crippen LogP) is 3.70. The lowest BCUT2D eigenvalue weighted by molar-refractivity contribution is -0.122. The summed E-state index contributed by atoms with van der Waals surface area (Å²) in [5.74, 6) is 0.264. The highest BCUT2D eigenvalue weighted by Gasteiger charge is 2.26. The molecular weight excluding hydrogens is 314 g/mol. The van der Waals surface area contributed by atoms with E-state index in [2.05, 4.69) is 15.5 Å². The molecule has 0 aliphatic rings. The predicted molar refractivity (Wildman–Crippen MR) is 95.1 cm³/mol. The second kappa shape index (κ2) is 7.30. The summed E-state index contributed by atoms with van der Waals surface area (Å²) >= 11 is 0. The zero-order chi connectivity index (χ0) is 17.8. The SMILES string of the molecule is Cc1noc(C)c1[C@@H](C)C(=O)N[C@H](c1ccccc1)c1ccncc1. The number of aromatic nitrogens is 2. The minimum atomic E-state index is -0.348. The Morgan fingerprint density at radius 1 is 1.04 bits per heavy atom. The van der Waals surface area contributed by atoms with Crippen molar-refractivity contribution in [2.24, 2.45) is 0 Å². The molecule has 2 heterocycles. The van der Waals surface area contributed by atoms with Crippen molar-refractivity contribution in [1.82, 2.24) is 15.5 Å². The summed E-state index contributed by atoms with van der Waals surface area (Å²) < 4.78 is 5.20. The molecule has 0 fully saturated rings. The first-order chi connectivity index (χ1) is 12.1. The van der Waals surface area contributed by atoms with Crippen LogP contribution in [-0.2, 0) is 4.79 Å². The smallest absolute Gasteiger partial charge is 0.228 e. The van der Waals surface area contributed by atoms with Gasteiger partial charge in [-0.15, -0.1) is 0 Å². The van der Waals surface area contributed by atoms with E-state index in [-0.39, 0.29) is 17.9 Å². The highest BCUT2D eigenvalue weighted by atomic mass is 16.5. The molecule has 0 radical (unpaired) electrons. The van der Waals surface area contributed by atoms with Gasteiger partial charge in [-0.25, -0.2) is 0 Å². The molecule has 0 unspecified atom stereocenters. The van der Waals surface area contributed by atoms with Crippen molar-refractivity contribution in [3.63, 3.8) is 0 Å². The molecule has 0 saturated heterocycles. The van der Waals surface area contributed by atoms with E-state index in [4.69, 9.17) is 4.52 Å². The average molecular weight is 335 g/mol. The van der Waals surface area contributed by atoms with Crippen LogP contribution in [0.2, 0.25) is 0 Å². The van der Waals surface area contributed by atoms with Gasteiger partial charge in [0.1, 0.15) is 5.76 Å². The lowest BCUT2D eigenvalue weighted by Crippen LogP contribution is -2.33. The van der Waals surface area contributed by atoms with Crippen LogP contribution < -0.4 is 5.32 Å². The Morgan fingerprint density at radius 2 is 1.68 bits per heavy atom. The summed E-state index contributed by atoms with van der Waals surface area (Å²) in [4.78, 5) is 17.0. The van der Waals surface area contributed by atoms with Crippen molar-refractivity contribution in [3.05, 3.63) is 83.0 Å². The first kappa shape index (κ1) is 16.9. The van der Waals surface area contributed by atoms with E-state index in [1.165, 1.54) is 0 Å². The van der Waals surface area contributed by atoms with Gasteiger partial charge in [-0.1, -0.05) is 35.5 Å². The van der Waals surface area contributed by atoms with Gasteiger partial charge in [0, 0.05) is 18.0 Å². The van der Waals surface area contributed by atoms with Gasteiger partial charge < -0.3 is 9.84 Å². The standard InChI is InChI=1S/C20H21N3O2/c1-13(18-14(2)23-25-15(18)3)20(24)22-19(16-7-5-4-6-8-16)17-9-11-21-12-10-17/h4-13,19H,1-3H3,(H,22,24)/t13-,19-/m1/s1. The number of benzene rings is 1. The molecule has 0 bridgehead atoms. The van der Waals surface area contributed by atoms with Crippen LogP contribution in [0.25, 0.3) is 0 Å². The van der Waals surface area contributed by atoms with Crippen LogP contribution in [0, 0.1) is 13.8 Å².